The number of hydrogen-bond acceptors (Lipinski definition) is 6. The fourth-order valence-electron chi connectivity index (χ4n) is 3.46. The van der Waals surface area contributed by atoms with Crippen LogP contribution in [0.4, 0.5) is 5.95 Å². The highest BCUT2D eigenvalue weighted by Crippen LogP contribution is 2.22. The molecule has 8 heteroatoms. The first-order chi connectivity index (χ1) is 14.7. The summed E-state index contributed by atoms with van der Waals surface area (Å²) in [5, 5.41) is 11.4. The third-order valence-corrected chi connectivity index (χ3v) is 4.92. The average molecular weight is 398 g/mol. The summed E-state index contributed by atoms with van der Waals surface area (Å²) in [5.74, 6) is 1.21. The van der Waals surface area contributed by atoms with Gasteiger partial charge in [0.1, 0.15) is 5.75 Å². The minimum Gasteiger partial charge on any atom is -0.497 e. The average Bonchev–Trinajstić information content (AvgIpc) is 3.29. The zero-order valence-corrected chi connectivity index (χ0v) is 16.2. The van der Waals surface area contributed by atoms with E-state index >= 15 is 0 Å². The van der Waals surface area contributed by atoms with Crippen LogP contribution < -0.4 is 15.6 Å². The van der Waals surface area contributed by atoms with Crippen LogP contribution in [0, 0.1) is 0 Å². The summed E-state index contributed by atoms with van der Waals surface area (Å²) in [6.07, 6.45) is 3.24. The molecule has 8 nitrogen and oxygen atoms in total. The van der Waals surface area contributed by atoms with Crippen LogP contribution in [0.3, 0.4) is 0 Å². The molecule has 5 rings (SSSR count). The van der Waals surface area contributed by atoms with Crippen LogP contribution in [0.2, 0.25) is 0 Å². The fraction of sp³-hybridized carbons (Fsp3) is 0.0909. The normalized spacial score (nSPS) is 11.1. The number of methoxy groups -OCH3 is 1. The van der Waals surface area contributed by atoms with Crippen molar-refractivity contribution in [1.29, 1.82) is 0 Å². The molecule has 3 aromatic heterocycles. The molecular formula is C22H18N6O2. The zero-order valence-electron chi connectivity index (χ0n) is 16.2. The number of anilines is 1. The molecule has 0 aliphatic heterocycles. The van der Waals surface area contributed by atoms with E-state index in [1.54, 1.807) is 17.9 Å². The molecular weight excluding hydrogens is 380 g/mol. The Balaban J connectivity index is 1.62. The number of H-pyrrole nitrogens is 1. The van der Waals surface area contributed by atoms with Gasteiger partial charge in [-0.2, -0.15) is 10.1 Å². The Kier molecular flexibility index (Phi) is 4.36. The Morgan fingerprint density at radius 3 is 2.77 bits per heavy atom. The lowest BCUT2D eigenvalue weighted by atomic mass is 10.2. The second-order valence-electron chi connectivity index (χ2n) is 6.77. The minimum absolute atomic E-state index is 0.185. The second kappa shape index (κ2) is 7.32. The lowest BCUT2D eigenvalue weighted by molar-refractivity contribution is 0.414. The number of aromatic amines is 1. The summed E-state index contributed by atoms with van der Waals surface area (Å²) in [6, 6.07) is 17.2. The number of aromatic nitrogens is 5. The minimum atomic E-state index is -0.185. The lowest BCUT2D eigenvalue weighted by Crippen LogP contribution is -2.20. The number of ether oxygens (including phenoxy) is 1. The summed E-state index contributed by atoms with van der Waals surface area (Å²) >= 11 is 0. The van der Waals surface area contributed by atoms with Gasteiger partial charge in [-0.05, 0) is 29.8 Å². The van der Waals surface area contributed by atoms with E-state index in [1.807, 2.05) is 54.6 Å². The second-order valence-corrected chi connectivity index (χ2v) is 6.77. The van der Waals surface area contributed by atoms with Crippen molar-refractivity contribution in [1.82, 2.24) is 24.7 Å². The zero-order chi connectivity index (χ0) is 20.5. The summed E-state index contributed by atoms with van der Waals surface area (Å²) in [6.45, 7) is 0.518. The molecule has 0 atom stereocenters. The van der Waals surface area contributed by atoms with E-state index in [1.165, 1.54) is 6.20 Å². The summed E-state index contributed by atoms with van der Waals surface area (Å²) in [7, 11) is 1.64. The highest BCUT2D eigenvalue weighted by atomic mass is 16.5. The van der Waals surface area contributed by atoms with Crippen molar-refractivity contribution in [2.24, 2.45) is 0 Å². The standard InChI is InChI=1S/C22H18N6O2/c1-30-16-9-5-6-14(10-16)11-23-22-24-12-17-19-18(13-25-27-19)21(29)28(20(17)26-22)15-7-3-2-4-8-15/h2-10,12-13H,11H2,1H3,(H,25,27)(H,23,24,26). The number of benzene rings is 2. The van der Waals surface area contributed by atoms with Crippen molar-refractivity contribution >= 4 is 27.9 Å². The van der Waals surface area contributed by atoms with Gasteiger partial charge < -0.3 is 10.1 Å². The molecule has 0 amide bonds. The SMILES string of the molecule is COc1cccc(CNc2ncc3c4[nH]ncc4c(=O)n(-c4ccccc4)c3n2)c1. The Bertz CT molecular complexity index is 1410. The van der Waals surface area contributed by atoms with Gasteiger partial charge in [0.25, 0.3) is 5.56 Å². The molecule has 30 heavy (non-hydrogen) atoms. The Labute approximate surface area is 171 Å². The van der Waals surface area contributed by atoms with Crippen LogP contribution in [-0.4, -0.2) is 31.8 Å². The van der Waals surface area contributed by atoms with E-state index in [2.05, 4.69) is 25.5 Å². The van der Waals surface area contributed by atoms with Crippen LogP contribution in [0.1, 0.15) is 5.56 Å². The van der Waals surface area contributed by atoms with Crippen molar-refractivity contribution in [3.8, 4) is 11.4 Å². The van der Waals surface area contributed by atoms with E-state index in [-0.39, 0.29) is 5.56 Å². The summed E-state index contributed by atoms with van der Waals surface area (Å²) in [4.78, 5) is 22.3. The Morgan fingerprint density at radius 2 is 1.93 bits per heavy atom. The number of nitrogens with one attached hydrogen (secondary N) is 2. The number of nitrogens with zero attached hydrogens (tertiary/aromatic N) is 4. The van der Waals surface area contributed by atoms with Gasteiger partial charge in [0.15, 0.2) is 5.65 Å². The molecule has 0 aliphatic carbocycles. The van der Waals surface area contributed by atoms with Gasteiger partial charge in [-0.15, -0.1) is 0 Å². The third kappa shape index (κ3) is 3.04. The predicted octanol–water partition coefficient (Wildman–Crippen LogP) is 3.28. The van der Waals surface area contributed by atoms with E-state index in [4.69, 9.17) is 4.74 Å². The summed E-state index contributed by atoms with van der Waals surface area (Å²) in [5.41, 5.74) is 2.71. The number of rotatable bonds is 5. The van der Waals surface area contributed by atoms with Gasteiger partial charge in [0.2, 0.25) is 5.95 Å². The molecule has 0 saturated heterocycles. The van der Waals surface area contributed by atoms with Crippen molar-refractivity contribution in [2.75, 3.05) is 12.4 Å². The van der Waals surface area contributed by atoms with Crippen LogP contribution in [0.15, 0.2) is 71.8 Å². The van der Waals surface area contributed by atoms with Crippen molar-refractivity contribution in [3.05, 3.63) is 82.9 Å². The lowest BCUT2D eigenvalue weighted by Gasteiger charge is -2.12. The largest absolute Gasteiger partial charge is 0.497 e. The third-order valence-electron chi connectivity index (χ3n) is 4.92. The molecule has 2 aromatic carbocycles. The predicted molar refractivity (Wildman–Crippen MR) is 115 cm³/mol. The van der Waals surface area contributed by atoms with Gasteiger partial charge in [0.05, 0.1) is 35.3 Å². The number of hydrogen-bond donors (Lipinski definition) is 2. The molecule has 0 fully saturated rings. The maximum absolute atomic E-state index is 13.2. The molecule has 2 N–H and O–H groups in total. The molecule has 0 spiro atoms. The molecule has 0 radical (unpaired) electrons. The molecule has 148 valence electrons. The van der Waals surface area contributed by atoms with Crippen LogP contribution in [-0.2, 0) is 6.54 Å². The van der Waals surface area contributed by atoms with Crippen molar-refractivity contribution < 1.29 is 4.74 Å². The monoisotopic (exact) mass is 398 g/mol. The van der Waals surface area contributed by atoms with Crippen LogP contribution in [0.25, 0.3) is 27.6 Å². The maximum atomic E-state index is 13.2. The first kappa shape index (κ1) is 17.9. The first-order valence-corrected chi connectivity index (χ1v) is 9.41. The van der Waals surface area contributed by atoms with Gasteiger partial charge in [0, 0.05) is 12.7 Å². The van der Waals surface area contributed by atoms with Gasteiger partial charge in [-0.25, -0.2) is 4.98 Å². The molecule has 5 aromatic rings. The van der Waals surface area contributed by atoms with Gasteiger partial charge in [-0.3, -0.25) is 14.5 Å². The van der Waals surface area contributed by atoms with E-state index in [9.17, 15) is 4.79 Å². The Morgan fingerprint density at radius 1 is 1.07 bits per heavy atom. The fourth-order valence-corrected chi connectivity index (χ4v) is 3.46. The number of fused-ring (bicyclic) bond motifs is 3. The van der Waals surface area contributed by atoms with E-state index < -0.39 is 0 Å². The highest BCUT2D eigenvalue weighted by Gasteiger charge is 2.16. The molecule has 0 unspecified atom stereocenters. The molecule has 0 bridgehead atoms. The molecule has 0 saturated carbocycles. The molecule has 3 heterocycles. The van der Waals surface area contributed by atoms with Crippen molar-refractivity contribution in [2.45, 2.75) is 6.54 Å². The summed E-state index contributed by atoms with van der Waals surface area (Å²) < 4.78 is 6.86. The van der Waals surface area contributed by atoms with Crippen LogP contribution >= 0.6 is 0 Å². The van der Waals surface area contributed by atoms with E-state index in [0.717, 1.165) is 22.4 Å². The molecule has 0 aliphatic rings. The topological polar surface area (TPSA) is 97.7 Å². The van der Waals surface area contributed by atoms with E-state index in [0.29, 0.717) is 29.0 Å². The smallest absolute Gasteiger partial charge is 0.267 e. The van der Waals surface area contributed by atoms with Crippen LogP contribution in [0.5, 0.6) is 5.75 Å². The highest BCUT2D eigenvalue weighted by molar-refractivity contribution is 6.02. The Hall–Kier alpha value is -4.20. The van der Waals surface area contributed by atoms with Crippen molar-refractivity contribution in [3.63, 3.8) is 0 Å². The maximum Gasteiger partial charge on any atom is 0.267 e. The number of pyridine rings is 1. The quantitative estimate of drug-likeness (QED) is 0.472. The van der Waals surface area contributed by atoms with Gasteiger partial charge in [-0.1, -0.05) is 30.3 Å². The van der Waals surface area contributed by atoms with Gasteiger partial charge >= 0.3 is 0 Å². The first-order valence-electron chi connectivity index (χ1n) is 9.41. The number of para-hydroxylation sites is 1.